The average molecular weight is 354 g/mol. The minimum Gasteiger partial charge on any atom is -0.465 e. The lowest BCUT2D eigenvalue weighted by Gasteiger charge is -2.17. The maximum absolute atomic E-state index is 12.6. The number of thiophene rings is 1. The van der Waals surface area contributed by atoms with E-state index in [1.165, 1.54) is 7.11 Å². The van der Waals surface area contributed by atoms with Gasteiger partial charge in [-0.1, -0.05) is 13.8 Å². The molecule has 0 fully saturated rings. The lowest BCUT2D eigenvalue weighted by molar-refractivity contribution is -0.116. The van der Waals surface area contributed by atoms with Gasteiger partial charge in [0, 0.05) is 19.5 Å². The Morgan fingerprint density at radius 3 is 2.25 bits per heavy atom. The van der Waals surface area contributed by atoms with Crippen LogP contribution in [0, 0.1) is 12.8 Å². The SMILES string of the molecule is CCN(CC)C(=O)c1sc(NC(=O)CC(C)C)c(C(=O)OC)c1C. The normalized spacial score (nSPS) is 10.6. The molecule has 0 aliphatic carbocycles. The summed E-state index contributed by atoms with van der Waals surface area (Å²) in [5.41, 5.74) is 0.804. The van der Waals surface area contributed by atoms with E-state index in [4.69, 9.17) is 4.74 Å². The van der Waals surface area contributed by atoms with Crippen LogP contribution in [0.1, 0.15) is 59.7 Å². The average Bonchev–Trinajstić information content (AvgIpc) is 2.83. The van der Waals surface area contributed by atoms with Crippen LogP contribution < -0.4 is 5.32 Å². The molecule has 0 aliphatic heterocycles. The molecule has 1 aromatic rings. The number of hydrogen-bond donors (Lipinski definition) is 1. The second-order valence-corrected chi connectivity index (χ2v) is 6.90. The summed E-state index contributed by atoms with van der Waals surface area (Å²) in [7, 11) is 1.28. The van der Waals surface area contributed by atoms with Crippen molar-refractivity contribution < 1.29 is 19.1 Å². The van der Waals surface area contributed by atoms with Gasteiger partial charge in [0.05, 0.1) is 17.6 Å². The van der Waals surface area contributed by atoms with E-state index in [0.717, 1.165) is 11.3 Å². The standard InChI is InChI=1S/C17H26N2O4S/c1-7-19(8-2)16(21)14-11(5)13(17(22)23-6)15(24-14)18-12(20)9-10(3)4/h10H,7-9H2,1-6H3,(H,18,20). The number of ether oxygens (including phenoxy) is 1. The van der Waals surface area contributed by atoms with Crippen molar-refractivity contribution in [1.82, 2.24) is 4.90 Å². The van der Waals surface area contributed by atoms with E-state index in [9.17, 15) is 14.4 Å². The van der Waals surface area contributed by atoms with Gasteiger partial charge in [0.1, 0.15) is 5.00 Å². The third-order valence-corrected chi connectivity index (χ3v) is 4.82. The highest BCUT2D eigenvalue weighted by molar-refractivity contribution is 7.18. The Bertz CT molecular complexity index is 618. The Labute approximate surface area is 147 Å². The Morgan fingerprint density at radius 2 is 1.79 bits per heavy atom. The van der Waals surface area contributed by atoms with Gasteiger partial charge in [-0.3, -0.25) is 9.59 Å². The highest BCUT2D eigenvalue weighted by Gasteiger charge is 2.27. The van der Waals surface area contributed by atoms with Crippen molar-refractivity contribution in [2.45, 2.75) is 41.0 Å². The number of methoxy groups -OCH3 is 1. The van der Waals surface area contributed by atoms with Crippen LogP contribution in [0.2, 0.25) is 0 Å². The monoisotopic (exact) mass is 354 g/mol. The first-order valence-corrected chi connectivity index (χ1v) is 8.89. The Kier molecular flexibility index (Phi) is 7.41. The van der Waals surface area contributed by atoms with Gasteiger partial charge in [-0.05, 0) is 32.3 Å². The van der Waals surface area contributed by atoms with E-state index in [-0.39, 0.29) is 23.3 Å². The van der Waals surface area contributed by atoms with E-state index in [1.54, 1.807) is 11.8 Å². The second kappa shape index (κ2) is 8.82. The van der Waals surface area contributed by atoms with Gasteiger partial charge in [0.25, 0.3) is 5.91 Å². The summed E-state index contributed by atoms with van der Waals surface area (Å²) < 4.78 is 4.82. The third-order valence-electron chi connectivity index (χ3n) is 3.63. The lowest BCUT2D eigenvalue weighted by atomic mass is 10.1. The minimum atomic E-state index is -0.554. The zero-order chi connectivity index (χ0) is 18.4. The number of nitrogens with zero attached hydrogens (tertiary/aromatic N) is 1. The van der Waals surface area contributed by atoms with E-state index in [1.807, 2.05) is 27.7 Å². The predicted molar refractivity (Wildman–Crippen MR) is 95.7 cm³/mol. The van der Waals surface area contributed by atoms with Gasteiger partial charge in [-0.2, -0.15) is 0 Å². The molecule has 24 heavy (non-hydrogen) atoms. The number of anilines is 1. The molecule has 7 heteroatoms. The van der Waals surface area contributed by atoms with Gasteiger partial charge >= 0.3 is 5.97 Å². The Hall–Kier alpha value is -1.89. The van der Waals surface area contributed by atoms with Crippen LogP contribution >= 0.6 is 11.3 Å². The minimum absolute atomic E-state index is 0.142. The number of esters is 1. The Morgan fingerprint density at radius 1 is 1.21 bits per heavy atom. The van der Waals surface area contributed by atoms with Gasteiger partial charge < -0.3 is 15.0 Å². The maximum Gasteiger partial charge on any atom is 0.341 e. The fourth-order valence-electron chi connectivity index (χ4n) is 2.36. The quantitative estimate of drug-likeness (QED) is 0.762. The van der Waals surface area contributed by atoms with Crippen molar-refractivity contribution in [2.24, 2.45) is 5.92 Å². The first-order chi connectivity index (χ1) is 11.3. The summed E-state index contributed by atoms with van der Waals surface area (Å²) in [6.07, 6.45) is 0.344. The zero-order valence-electron chi connectivity index (χ0n) is 15.2. The fourth-order valence-corrected chi connectivity index (χ4v) is 3.54. The fraction of sp³-hybridized carbons (Fsp3) is 0.588. The zero-order valence-corrected chi connectivity index (χ0v) is 16.0. The highest BCUT2D eigenvalue weighted by atomic mass is 32.1. The van der Waals surface area contributed by atoms with Crippen LogP contribution in [0.15, 0.2) is 0 Å². The van der Waals surface area contributed by atoms with Crippen molar-refractivity contribution >= 4 is 34.1 Å². The predicted octanol–water partition coefficient (Wildman–Crippen LogP) is 3.31. The van der Waals surface area contributed by atoms with E-state index < -0.39 is 5.97 Å². The molecule has 0 bridgehead atoms. The molecule has 1 heterocycles. The van der Waals surface area contributed by atoms with Crippen LogP contribution in [0.3, 0.4) is 0 Å². The molecular formula is C17H26N2O4S. The summed E-state index contributed by atoms with van der Waals surface area (Å²) in [6, 6.07) is 0. The summed E-state index contributed by atoms with van der Waals surface area (Å²) in [5, 5.41) is 3.13. The number of carbonyl (C=O) groups is 3. The summed E-state index contributed by atoms with van der Waals surface area (Å²) in [4.78, 5) is 39.0. The topological polar surface area (TPSA) is 75.7 Å². The summed E-state index contributed by atoms with van der Waals surface area (Å²) in [5.74, 6) is -0.679. The molecule has 0 spiro atoms. The van der Waals surface area contributed by atoms with Gasteiger partial charge in [0.15, 0.2) is 0 Å². The first-order valence-electron chi connectivity index (χ1n) is 8.07. The molecular weight excluding hydrogens is 328 g/mol. The van der Waals surface area contributed by atoms with Crippen LogP contribution in [0.5, 0.6) is 0 Å². The van der Waals surface area contributed by atoms with Gasteiger partial charge in [-0.25, -0.2) is 4.79 Å². The molecule has 0 radical (unpaired) electrons. The van der Waals surface area contributed by atoms with Gasteiger partial charge in [0.2, 0.25) is 5.91 Å². The highest BCUT2D eigenvalue weighted by Crippen LogP contribution is 2.34. The van der Waals surface area contributed by atoms with Crippen LogP contribution in [0.25, 0.3) is 0 Å². The molecule has 0 aliphatic rings. The molecule has 0 unspecified atom stereocenters. The molecule has 1 N–H and O–H groups in total. The van der Waals surface area contributed by atoms with Crippen LogP contribution in [-0.2, 0) is 9.53 Å². The summed E-state index contributed by atoms with van der Waals surface area (Å²) >= 11 is 1.13. The lowest BCUT2D eigenvalue weighted by Crippen LogP contribution is -2.30. The molecule has 6 nitrogen and oxygen atoms in total. The summed E-state index contributed by atoms with van der Waals surface area (Å²) in [6.45, 7) is 10.5. The van der Waals surface area contributed by atoms with Crippen molar-refractivity contribution in [2.75, 3.05) is 25.5 Å². The van der Waals surface area contributed by atoms with Crippen molar-refractivity contribution in [3.05, 3.63) is 16.0 Å². The Balaban J connectivity index is 3.27. The van der Waals surface area contributed by atoms with Crippen molar-refractivity contribution in [3.8, 4) is 0 Å². The molecule has 1 aromatic heterocycles. The van der Waals surface area contributed by atoms with Crippen LogP contribution in [-0.4, -0.2) is 42.9 Å². The van der Waals surface area contributed by atoms with Gasteiger partial charge in [-0.15, -0.1) is 11.3 Å². The molecule has 2 amide bonds. The molecule has 0 saturated heterocycles. The molecule has 134 valence electrons. The number of hydrogen-bond acceptors (Lipinski definition) is 5. The molecule has 1 rings (SSSR count). The number of nitrogens with one attached hydrogen (secondary N) is 1. The molecule has 0 aromatic carbocycles. The van der Waals surface area contributed by atoms with E-state index in [0.29, 0.717) is 35.0 Å². The van der Waals surface area contributed by atoms with Crippen LogP contribution in [0.4, 0.5) is 5.00 Å². The number of carbonyl (C=O) groups excluding carboxylic acids is 3. The molecule has 0 atom stereocenters. The second-order valence-electron chi connectivity index (χ2n) is 5.88. The van der Waals surface area contributed by atoms with E-state index >= 15 is 0 Å². The molecule has 0 saturated carbocycles. The third kappa shape index (κ3) is 4.56. The van der Waals surface area contributed by atoms with E-state index in [2.05, 4.69) is 5.32 Å². The largest absolute Gasteiger partial charge is 0.465 e. The maximum atomic E-state index is 12.6. The number of amides is 2. The van der Waals surface area contributed by atoms with Crippen molar-refractivity contribution in [1.29, 1.82) is 0 Å². The number of rotatable bonds is 7. The smallest absolute Gasteiger partial charge is 0.341 e. The first kappa shape index (κ1) is 20.2. The van der Waals surface area contributed by atoms with Crippen molar-refractivity contribution in [3.63, 3.8) is 0 Å².